The molecular formula is C15H20Cl2N4. The molecule has 114 valence electrons. The van der Waals surface area contributed by atoms with E-state index in [0.29, 0.717) is 16.0 Å². The number of fused-ring (bicyclic) bond motifs is 1. The molecule has 1 aliphatic carbocycles. The molecule has 1 aromatic heterocycles. The molecule has 0 radical (unpaired) electrons. The molecule has 2 N–H and O–H groups in total. The Labute approximate surface area is 134 Å². The van der Waals surface area contributed by atoms with E-state index in [4.69, 9.17) is 28.9 Å². The van der Waals surface area contributed by atoms with Gasteiger partial charge in [0.2, 0.25) is 5.95 Å². The van der Waals surface area contributed by atoms with E-state index < -0.39 is 0 Å². The number of anilines is 1. The zero-order chi connectivity index (χ0) is 15.2. The fourth-order valence-electron chi connectivity index (χ4n) is 3.38. The maximum absolute atomic E-state index is 6.16. The maximum Gasteiger partial charge on any atom is 0.201 e. The molecule has 0 aliphatic heterocycles. The van der Waals surface area contributed by atoms with Crippen LogP contribution in [0.3, 0.4) is 0 Å². The number of likely N-dealkylation sites (N-methyl/N-ethyl adjacent to an activating group) is 1. The van der Waals surface area contributed by atoms with Crippen LogP contribution in [-0.2, 0) is 6.54 Å². The first-order valence-electron chi connectivity index (χ1n) is 7.21. The lowest BCUT2D eigenvalue weighted by Gasteiger charge is -2.37. The van der Waals surface area contributed by atoms with Crippen molar-refractivity contribution in [3.63, 3.8) is 0 Å². The van der Waals surface area contributed by atoms with Crippen molar-refractivity contribution in [3.8, 4) is 0 Å². The second-order valence-electron chi connectivity index (χ2n) is 6.14. The maximum atomic E-state index is 6.16. The average Bonchev–Trinajstić information content (AvgIpc) is 2.99. The number of nitrogen functional groups attached to an aromatic ring is 1. The molecule has 2 aromatic rings. The van der Waals surface area contributed by atoms with Crippen molar-refractivity contribution in [1.29, 1.82) is 0 Å². The first kappa shape index (κ1) is 14.9. The second-order valence-corrected chi connectivity index (χ2v) is 6.95. The molecule has 1 heterocycles. The van der Waals surface area contributed by atoms with Crippen molar-refractivity contribution in [1.82, 2.24) is 14.5 Å². The molecule has 0 unspecified atom stereocenters. The zero-order valence-electron chi connectivity index (χ0n) is 12.4. The van der Waals surface area contributed by atoms with Gasteiger partial charge in [-0.3, -0.25) is 0 Å². The number of nitrogens with two attached hydrogens (primary N) is 1. The Balaban J connectivity index is 2.08. The Morgan fingerprint density at radius 2 is 1.86 bits per heavy atom. The van der Waals surface area contributed by atoms with Gasteiger partial charge in [-0.2, -0.15) is 0 Å². The van der Waals surface area contributed by atoms with Gasteiger partial charge in [0.15, 0.2) is 0 Å². The largest absolute Gasteiger partial charge is 0.369 e. The van der Waals surface area contributed by atoms with Crippen LogP contribution in [0, 0.1) is 0 Å². The predicted molar refractivity (Wildman–Crippen MR) is 89.1 cm³/mol. The fraction of sp³-hybridized carbons (Fsp3) is 0.533. The van der Waals surface area contributed by atoms with Crippen LogP contribution in [0.25, 0.3) is 11.0 Å². The third kappa shape index (κ3) is 2.50. The summed E-state index contributed by atoms with van der Waals surface area (Å²) in [6.07, 6.45) is 4.88. The minimum atomic E-state index is 0.147. The summed E-state index contributed by atoms with van der Waals surface area (Å²) in [5.74, 6) is 0.524. The summed E-state index contributed by atoms with van der Waals surface area (Å²) in [6, 6.07) is 3.64. The first-order valence-corrected chi connectivity index (χ1v) is 7.97. The van der Waals surface area contributed by atoms with Crippen LogP contribution in [0.1, 0.15) is 25.7 Å². The van der Waals surface area contributed by atoms with Crippen molar-refractivity contribution in [3.05, 3.63) is 22.2 Å². The van der Waals surface area contributed by atoms with E-state index in [1.807, 2.05) is 6.07 Å². The van der Waals surface area contributed by atoms with E-state index in [0.717, 1.165) is 17.6 Å². The van der Waals surface area contributed by atoms with Crippen molar-refractivity contribution in [2.45, 2.75) is 37.8 Å². The van der Waals surface area contributed by atoms with Gasteiger partial charge in [0.25, 0.3) is 0 Å². The number of imidazole rings is 1. The predicted octanol–water partition coefficient (Wildman–Crippen LogP) is 3.80. The molecule has 0 bridgehead atoms. The highest BCUT2D eigenvalue weighted by Crippen LogP contribution is 2.37. The molecule has 0 spiro atoms. The van der Waals surface area contributed by atoms with Gasteiger partial charge in [0.05, 0.1) is 21.1 Å². The van der Waals surface area contributed by atoms with Crippen LogP contribution in [0.15, 0.2) is 12.1 Å². The van der Waals surface area contributed by atoms with Gasteiger partial charge in [-0.25, -0.2) is 4.98 Å². The molecule has 1 aliphatic rings. The van der Waals surface area contributed by atoms with E-state index >= 15 is 0 Å². The van der Waals surface area contributed by atoms with Crippen molar-refractivity contribution in [2.24, 2.45) is 0 Å². The molecule has 21 heavy (non-hydrogen) atoms. The van der Waals surface area contributed by atoms with Crippen molar-refractivity contribution < 1.29 is 0 Å². The summed E-state index contributed by atoms with van der Waals surface area (Å²) in [5.41, 5.74) is 8.04. The lowest BCUT2D eigenvalue weighted by Crippen LogP contribution is -2.45. The lowest BCUT2D eigenvalue weighted by molar-refractivity contribution is 0.136. The standard InChI is InChI=1S/C15H20Cl2N4/c1-20(2)15(5-3-4-6-15)9-21-13-8-11(17)10(16)7-12(13)19-14(21)18/h7-8H,3-6,9H2,1-2H3,(H2,18,19). The Hall–Kier alpha value is -0.970. The van der Waals surface area contributed by atoms with Crippen LogP contribution in [-0.4, -0.2) is 34.1 Å². The molecule has 4 nitrogen and oxygen atoms in total. The summed E-state index contributed by atoms with van der Waals surface area (Å²) in [4.78, 5) is 6.75. The molecule has 0 saturated heterocycles. The number of hydrogen-bond donors (Lipinski definition) is 1. The number of hydrogen-bond acceptors (Lipinski definition) is 3. The Morgan fingerprint density at radius 1 is 1.24 bits per heavy atom. The lowest BCUT2D eigenvalue weighted by atomic mass is 9.96. The number of halogens is 2. The zero-order valence-corrected chi connectivity index (χ0v) is 13.9. The Kier molecular flexibility index (Phi) is 3.80. The number of rotatable bonds is 3. The molecule has 0 atom stereocenters. The normalized spacial score (nSPS) is 18.0. The van der Waals surface area contributed by atoms with Gasteiger partial charge >= 0.3 is 0 Å². The van der Waals surface area contributed by atoms with Gasteiger partial charge in [-0.15, -0.1) is 0 Å². The fourth-order valence-corrected chi connectivity index (χ4v) is 3.69. The third-order valence-electron chi connectivity index (χ3n) is 4.76. The van der Waals surface area contributed by atoms with Crippen LogP contribution in [0.5, 0.6) is 0 Å². The topological polar surface area (TPSA) is 47.1 Å². The van der Waals surface area contributed by atoms with Crippen LogP contribution < -0.4 is 5.73 Å². The quantitative estimate of drug-likeness (QED) is 0.933. The van der Waals surface area contributed by atoms with Gasteiger partial charge in [0.1, 0.15) is 0 Å². The monoisotopic (exact) mass is 326 g/mol. The highest BCUT2D eigenvalue weighted by Gasteiger charge is 2.37. The SMILES string of the molecule is CN(C)C1(Cn2c(N)nc3cc(Cl)c(Cl)cc32)CCCC1. The molecule has 1 saturated carbocycles. The van der Waals surface area contributed by atoms with Gasteiger partial charge in [-0.05, 0) is 39.1 Å². The average molecular weight is 327 g/mol. The molecule has 0 amide bonds. The van der Waals surface area contributed by atoms with Crippen LogP contribution in [0.4, 0.5) is 5.95 Å². The molecule has 3 rings (SSSR count). The molecule has 6 heteroatoms. The Morgan fingerprint density at radius 3 is 2.48 bits per heavy atom. The van der Waals surface area contributed by atoms with E-state index in [1.54, 1.807) is 6.07 Å². The second kappa shape index (κ2) is 5.34. The molecule has 1 aromatic carbocycles. The highest BCUT2D eigenvalue weighted by molar-refractivity contribution is 6.42. The summed E-state index contributed by atoms with van der Waals surface area (Å²) < 4.78 is 2.07. The number of aromatic nitrogens is 2. The summed E-state index contributed by atoms with van der Waals surface area (Å²) in [6.45, 7) is 0.834. The summed E-state index contributed by atoms with van der Waals surface area (Å²) in [5, 5.41) is 1.05. The first-order chi connectivity index (χ1) is 9.93. The van der Waals surface area contributed by atoms with Gasteiger partial charge in [-0.1, -0.05) is 36.0 Å². The molecular weight excluding hydrogens is 307 g/mol. The van der Waals surface area contributed by atoms with E-state index in [-0.39, 0.29) is 5.54 Å². The summed E-state index contributed by atoms with van der Waals surface area (Å²) in [7, 11) is 4.29. The van der Waals surface area contributed by atoms with Crippen LogP contribution >= 0.6 is 23.2 Å². The summed E-state index contributed by atoms with van der Waals surface area (Å²) >= 11 is 12.2. The number of benzene rings is 1. The minimum Gasteiger partial charge on any atom is -0.369 e. The van der Waals surface area contributed by atoms with E-state index in [9.17, 15) is 0 Å². The molecule has 1 fully saturated rings. The van der Waals surface area contributed by atoms with E-state index in [2.05, 4.69) is 28.5 Å². The van der Waals surface area contributed by atoms with Crippen LogP contribution in [0.2, 0.25) is 10.0 Å². The smallest absolute Gasteiger partial charge is 0.201 e. The number of nitrogens with zero attached hydrogens (tertiary/aromatic N) is 3. The van der Waals surface area contributed by atoms with Crippen molar-refractivity contribution >= 4 is 40.2 Å². The van der Waals surface area contributed by atoms with Crippen molar-refractivity contribution in [2.75, 3.05) is 19.8 Å². The Bertz CT molecular complexity index is 672. The van der Waals surface area contributed by atoms with Gasteiger partial charge in [0, 0.05) is 12.1 Å². The third-order valence-corrected chi connectivity index (χ3v) is 5.48. The minimum absolute atomic E-state index is 0.147. The highest BCUT2D eigenvalue weighted by atomic mass is 35.5. The van der Waals surface area contributed by atoms with E-state index in [1.165, 1.54) is 25.7 Å². The van der Waals surface area contributed by atoms with Gasteiger partial charge < -0.3 is 15.2 Å².